The summed E-state index contributed by atoms with van der Waals surface area (Å²) in [6, 6.07) is 8.42. The van der Waals surface area contributed by atoms with Crippen LogP contribution in [0.1, 0.15) is 11.3 Å². The predicted molar refractivity (Wildman–Crippen MR) is 59.2 cm³/mol. The molecule has 0 aliphatic carbocycles. The predicted octanol–water partition coefficient (Wildman–Crippen LogP) is 2.26. The lowest BCUT2D eigenvalue weighted by atomic mass is 10.0. The van der Waals surface area contributed by atoms with Crippen LogP contribution in [0.15, 0.2) is 30.5 Å². The normalized spacial score (nSPS) is 10.7. The van der Waals surface area contributed by atoms with E-state index in [0.717, 1.165) is 12.2 Å². The van der Waals surface area contributed by atoms with E-state index in [2.05, 4.69) is 41.5 Å². The van der Waals surface area contributed by atoms with Crippen LogP contribution in [-0.2, 0) is 6.54 Å². The number of benzene rings is 1. The van der Waals surface area contributed by atoms with Crippen LogP contribution in [0.3, 0.4) is 0 Å². The van der Waals surface area contributed by atoms with Crippen molar-refractivity contribution in [2.75, 3.05) is 7.05 Å². The summed E-state index contributed by atoms with van der Waals surface area (Å²) < 4.78 is 0. The topological polar surface area (TPSA) is 24.9 Å². The van der Waals surface area contributed by atoms with E-state index in [-0.39, 0.29) is 0 Å². The summed E-state index contributed by atoms with van der Waals surface area (Å²) >= 11 is 0. The second-order valence-electron chi connectivity index (χ2n) is 3.44. The van der Waals surface area contributed by atoms with Gasteiger partial charge in [0, 0.05) is 23.8 Å². The molecule has 1 aromatic carbocycles. The molecule has 0 saturated heterocycles. The number of fused-ring (bicyclic) bond motifs is 1. The van der Waals surface area contributed by atoms with Crippen molar-refractivity contribution in [2.24, 2.45) is 0 Å². The largest absolute Gasteiger partial charge is 0.316 e. The van der Waals surface area contributed by atoms with Gasteiger partial charge in [0.1, 0.15) is 0 Å². The fourth-order valence-corrected chi connectivity index (χ4v) is 1.83. The summed E-state index contributed by atoms with van der Waals surface area (Å²) in [6.07, 6.45) is 1.86. The third-order valence-corrected chi connectivity index (χ3v) is 2.43. The lowest BCUT2D eigenvalue weighted by Gasteiger charge is -2.07. The lowest BCUT2D eigenvalue weighted by molar-refractivity contribution is 0.823. The van der Waals surface area contributed by atoms with E-state index in [4.69, 9.17) is 0 Å². The average molecular weight is 186 g/mol. The number of hydrogen-bond donors (Lipinski definition) is 1. The Hall–Kier alpha value is -1.41. The Morgan fingerprint density at radius 3 is 2.93 bits per heavy atom. The van der Waals surface area contributed by atoms with Gasteiger partial charge in [0.2, 0.25) is 0 Å². The molecule has 72 valence electrons. The van der Waals surface area contributed by atoms with Crippen LogP contribution < -0.4 is 5.32 Å². The molecular weight excluding hydrogens is 172 g/mol. The fourth-order valence-electron chi connectivity index (χ4n) is 1.83. The molecule has 2 nitrogen and oxygen atoms in total. The van der Waals surface area contributed by atoms with Crippen molar-refractivity contribution in [1.29, 1.82) is 0 Å². The molecule has 0 spiro atoms. The number of aryl methyl sites for hydroxylation is 1. The molecule has 0 aliphatic heterocycles. The molecule has 0 fully saturated rings. The Morgan fingerprint density at radius 2 is 2.14 bits per heavy atom. The number of rotatable bonds is 2. The minimum Gasteiger partial charge on any atom is -0.316 e. The molecular formula is C12H14N2. The zero-order valence-electron chi connectivity index (χ0n) is 8.54. The number of pyridine rings is 1. The molecule has 2 aromatic rings. The van der Waals surface area contributed by atoms with Crippen LogP contribution >= 0.6 is 0 Å². The molecule has 2 rings (SSSR count). The standard InChI is InChI=1S/C12H14N2/c1-9-12-10(6-7-14-9)4-3-5-11(12)8-13-2/h3-7,13H,8H2,1-2H3. The molecule has 14 heavy (non-hydrogen) atoms. The van der Waals surface area contributed by atoms with Gasteiger partial charge in [-0.25, -0.2) is 0 Å². The highest BCUT2D eigenvalue weighted by Crippen LogP contribution is 2.20. The molecule has 1 N–H and O–H groups in total. The first-order chi connectivity index (χ1) is 6.83. The zero-order chi connectivity index (χ0) is 9.97. The minimum atomic E-state index is 0.893. The Kier molecular flexibility index (Phi) is 2.46. The molecule has 0 aliphatic rings. The van der Waals surface area contributed by atoms with Crippen molar-refractivity contribution in [3.63, 3.8) is 0 Å². The maximum Gasteiger partial charge on any atom is 0.0454 e. The van der Waals surface area contributed by atoms with E-state index in [1.165, 1.54) is 16.3 Å². The Bertz CT molecular complexity index is 444. The van der Waals surface area contributed by atoms with E-state index >= 15 is 0 Å². The minimum absolute atomic E-state index is 0.893. The van der Waals surface area contributed by atoms with Crippen molar-refractivity contribution in [1.82, 2.24) is 10.3 Å². The van der Waals surface area contributed by atoms with Crippen molar-refractivity contribution in [2.45, 2.75) is 13.5 Å². The maximum absolute atomic E-state index is 4.32. The van der Waals surface area contributed by atoms with Gasteiger partial charge >= 0.3 is 0 Å². The van der Waals surface area contributed by atoms with E-state index in [1.807, 2.05) is 13.2 Å². The van der Waals surface area contributed by atoms with E-state index in [0.29, 0.717) is 0 Å². The fraction of sp³-hybridized carbons (Fsp3) is 0.250. The molecule has 2 heteroatoms. The molecule has 0 atom stereocenters. The third kappa shape index (κ3) is 1.49. The van der Waals surface area contributed by atoms with Gasteiger partial charge in [0.25, 0.3) is 0 Å². The van der Waals surface area contributed by atoms with Gasteiger partial charge in [-0.2, -0.15) is 0 Å². The first kappa shape index (κ1) is 9.16. The zero-order valence-corrected chi connectivity index (χ0v) is 8.54. The van der Waals surface area contributed by atoms with Gasteiger partial charge in [0.05, 0.1) is 0 Å². The maximum atomic E-state index is 4.32. The van der Waals surface area contributed by atoms with Gasteiger partial charge in [0.15, 0.2) is 0 Å². The summed E-state index contributed by atoms with van der Waals surface area (Å²) in [4.78, 5) is 4.32. The molecule has 1 heterocycles. The Balaban J connectivity index is 2.71. The lowest BCUT2D eigenvalue weighted by Crippen LogP contribution is -2.06. The first-order valence-corrected chi connectivity index (χ1v) is 4.80. The first-order valence-electron chi connectivity index (χ1n) is 4.80. The summed E-state index contributed by atoms with van der Waals surface area (Å²) in [7, 11) is 1.96. The molecule has 0 amide bonds. The summed E-state index contributed by atoms with van der Waals surface area (Å²) in [5.41, 5.74) is 2.42. The monoisotopic (exact) mass is 186 g/mol. The Morgan fingerprint density at radius 1 is 1.29 bits per heavy atom. The van der Waals surface area contributed by atoms with Gasteiger partial charge < -0.3 is 5.32 Å². The van der Waals surface area contributed by atoms with Gasteiger partial charge in [-0.1, -0.05) is 18.2 Å². The third-order valence-electron chi connectivity index (χ3n) is 2.43. The Labute approximate surface area is 84.0 Å². The molecule has 0 unspecified atom stereocenters. The van der Waals surface area contributed by atoms with Crippen molar-refractivity contribution in [3.05, 3.63) is 41.7 Å². The number of nitrogens with zero attached hydrogens (tertiary/aromatic N) is 1. The molecule has 0 radical (unpaired) electrons. The quantitative estimate of drug-likeness (QED) is 0.778. The molecule has 0 saturated carbocycles. The summed E-state index contributed by atoms with van der Waals surface area (Å²) in [6.45, 7) is 2.95. The highest BCUT2D eigenvalue weighted by molar-refractivity contribution is 5.87. The van der Waals surface area contributed by atoms with Crippen molar-refractivity contribution >= 4 is 10.8 Å². The SMILES string of the molecule is CNCc1cccc2ccnc(C)c12. The van der Waals surface area contributed by atoms with Crippen LogP contribution in [-0.4, -0.2) is 12.0 Å². The highest BCUT2D eigenvalue weighted by atomic mass is 14.8. The van der Waals surface area contributed by atoms with E-state index in [9.17, 15) is 0 Å². The van der Waals surface area contributed by atoms with Crippen LogP contribution in [0, 0.1) is 6.92 Å². The molecule has 1 aromatic heterocycles. The van der Waals surface area contributed by atoms with E-state index in [1.54, 1.807) is 0 Å². The highest BCUT2D eigenvalue weighted by Gasteiger charge is 2.02. The van der Waals surface area contributed by atoms with Gasteiger partial charge in [-0.3, -0.25) is 4.98 Å². The smallest absolute Gasteiger partial charge is 0.0454 e. The number of hydrogen-bond acceptors (Lipinski definition) is 2. The van der Waals surface area contributed by atoms with Gasteiger partial charge in [-0.05, 0) is 31.0 Å². The van der Waals surface area contributed by atoms with Crippen LogP contribution in [0.25, 0.3) is 10.8 Å². The van der Waals surface area contributed by atoms with Crippen molar-refractivity contribution in [3.8, 4) is 0 Å². The van der Waals surface area contributed by atoms with Crippen LogP contribution in [0.5, 0.6) is 0 Å². The number of nitrogens with one attached hydrogen (secondary N) is 1. The van der Waals surface area contributed by atoms with Crippen LogP contribution in [0.2, 0.25) is 0 Å². The van der Waals surface area contributed by atoms with Crippen molar-refractivity contribution < 1.29 is 0 Å². The van der Waals surface area contributed by atoms with E-state index < -0.39 is 0 Å². The van der Waals surface area contributed by atoms with Gasteiger partial charge in [-0.15, -0.1) is 0 Å². The van der Waals surface area contributed by atoms with Crippen LogP contribution in [0.4, 0.5) is 0 Å². The average Bonchev–Trinajstić information content (AvgIpc) is 2.19. The second-order valence-corrected chi connectivity index (χ2v) is 3.44. The number of aromatic nitrogens is 1. The second kappa shape index (κ2) is 3.76. The summed E-state index contributed by atoms with van der Waals surface area (Å²) in [5, 5.41) is 5.73. The summed E-state index contributed by atoms with van der Waals surface area (Å²) in [5.74, 6) is 0. The molecule has 0 bridgehead atoms.